The standard InChI is InChI=1S/C22H19N5O6/c1-31-17-10-9-14(12-19(17)32-2)13-23-22-24-20(18-8-5-11-33-18)25-26(22)21(28)15-6-3-4-7-16(15)27(29)30/h3-12H,13H2,1-2H3,(H,23,24,25). The molecule has 0 saturated heterocycles. The predicted molar refractivity (Wildman–Crippen MR) is 117 cm³/mol. The molecule has 0 bridgehead atoms. The monoisotopic (exact) mass is 449 g/mol. The summed E-state index contributed by atoms with van der Waals surface area (Å²) in [4.78, 5) is 28.4. The molecule has 4 aromatic rings. The summed E-state index contributed by atoms with van der Waals surface area (Å²) in [6, 6.07) is 14.3. The zero-order valence-corrected chi connectivity index (χ0v) is 17.7. The average molecular weight is 449 g/mol. The minimum atomic E-state index is -0.706. The van der Waals surface area contributed by atoms with Crippen molar-refractivity contribution in [3.05, 3.63) is 82.1 Å². The lowest BCUT2D eigenvalue weighted by atomic mass is 10.1. The van der Waals surface area contributed by atoms with Gasteiger partial charge in [-0.3, -0.25) is 14.9 Å². The Morgan fingerprint density at radius 3 is 2.61 bits per heavy atom. The fourth-order valence-corrected chi connectivity index (χ4v) is 3.18. The minimum absolute atomic E-state index is 0.0966. The van der Waals surface area contributed by atoms with Gasteiger partial charge in [0.15, 0.2) is 17.3 Å². The number of nitro groups is 1. The Balaban J connectivity index is 1.69. The van der Waals surface area contributed by atoms with Crippen LogP contribution >= 0.6 is 0 Å². The maximum atomic E-state index is 13.2. The van der Waals surface area contributed by atoms with Crippen molar-refractivity contribution < 1.29 is 23.6 Å². The molecular formula is C22H19N5O6. The molecule has 33 heavy (non-hydrogen) atoms. The summed E-state index contributed by atoms with van der Waals surface area (Å²) in [5, 5.41) is 18.7. The number of carbonyl (C=O) groups is 1. The van der Waals surface area contributed by atoms with Gasteiger partial charge in [0.25, 0.3) is 11.6 Å². The Labute approximate surface area is 187 Å². The molecule has 0 atom stereocenters. The Hall–Kier alpha value is -4.67. The molecule has 2 heterocycles. The smallest absolute Gasteiger partial charge is 0.288 e. The van der Waals surface area contributed by atoms with Crippen LogP contribution in [0.1, 0.15) is 15.9 Å². The lowest BCUT2D eigenvalue weighted by Gasteiger charge is -2.11. The van der Waals surface area contributed by atoms with Crippen LogP contribution in [-0.4, -0.2) is 39.8 Å². The first-order chi connectivity index (χ1) is 16.0. The van der Waals surface area contributed by atoms with Gasteiger partial charge in [-0.1, -0.05) is 18.2 Å². The van der Waals surface area contributed by atoms with E-state index in [0.717, 1.165) is 10.2 Å². The summed E-state index contributed by atoms with van der Waals surface area (Å²) in [6.45, 7) is 0.265. The van der Waals surface area contributed by atoms with Gasteiger partial charge >= 0.3 is 0 Å². The lowest BCUT2D eigenvalue weighted by Crippen LogP contribution is -2.18. The SMILES string of the molecule is COc1ccc(CNc2nc(-c3ccco3)nn2C(=O)c2ccccc2[N+](=O)[O-])cc1OC. The molecule has 0 radical (unpaired) electrons. The normalized spacial score (nSPS) is 10.6. The van der Waals surface area contributed by atoms with E-state index in [1.54, 1.807) is 37.4 Å². The number of ether oxygens (including phenoxy) is 2. The highest BCUT2D eigenvalue weighted by molar-refractivity contribution is 6.00. The summed E-state index contributed by atoms with van der Waals surface area (Å²) in [7, 11) is 3.08. The fourth-order valence-electron chi connectivity index (χ4n) is 3.18. The molecule has 0 aliphatic carbocycles. The van der Waals surface area contributed by atoms with Crippen LogP contribution in [-0.2, 0) is 6.54 Å². The van der Waals surface area contributed by atoms with Gasteiger partial charge in [-0.15, -0.1) is 5.10 Å². The fraction of sp³-hybridized carbons (Fsp3) is 0.136. The van der Waals surface area contributed by atoms with Crippen molar-refractivity contribution in [3.63, 3.8) is 0 Å². The van der Waals surface area contributed by atoms with Crippen LogP contribution < -0.4 is 14.8 Å². The number of nitro benzene ring substituents is 1. The van der Waals surface area contributed by atoms with Gasteiger partial charge in [0.2, 0.25) is 11.8 Å². The van der Waals surface area contributed by atoms with Crippen molar-refractivity contribution in [3.8, 4) is 23.1 Å². The molecule has 0 aliphatic rings. The van der Waals surface area contributed by atoms with Crippen LogP contribution in [0.5, 0.6) is 11.5 Å². The van der Waals surface area contributed by atoms with Gasteiger partial charge < -0.3 is 19.2 Å². The zero-order chi connectivity index (χ0) is 23.4. The number of nitrogens with one attached hydrogen (secondary N) is 1. The van der Waals surface area contributed by atoms with Gasteiger partial charge in [-0.05, 0) is 35.9 Å². The summed E-state index contributed by atoms with van der Waals surface area (Å²) < 4.78 is 16.9. The molecular weight excluding hydrogens is 430 g/mol. The summed E-state index contributed by atoms with van der Waals surface area (Å²) >= 11 is 0. The number of hydrogen-bond donors (Lipinski definition) is 1. The number of aromatic nitrogens is 3. The van der Waals surface area contributed by atoms with Crippen LogP contribution in [0.3, 0.4) is 0 Å². The zero-order valence-electron chi connectivity index (χ0n) is 17.7. The average Bonchev–Trinajstić information content (AvgIpc) is 3.52. The second-order valence-corrected chi connectivity index (χ2v) is 6.77. The third-order valence-corrected chi connectivity index (χ3v) is 4.77. The molecule has 0 saturated carbocycles. The largest absolute Gasteiger partial charge is 0.493 e. The third-order valence-electron chi connectivity index (χ3n) is 4.77. The molecule has 168 valence electrons. The molecule has 0 fully saturated rings. The number of para-hydroxylation sites is 1. The van der Waals surface area contributed by atoms with Crippen molar-refractivity contribution in [1.29, 1.82) is 0 Å². The van der Waals surface area contributed by atoms with Crippen LogP contribution in [0.25, 0.3) is 11.6 Å². The number of anilines is 1. The van der Waals surface area contributed by atoms with E-state index in [4.69, 9.17) is 13.9 Å². The van der Waals surface area contributed by atoms with Crippen LogP contribution in [0.2, 0.25) is 0 Å². The lowest BCUT2D eigenvalue weighted by molar-refractivity contribution is -0.385. The highest BCUT2D eigenvalue weighted by Crippen LogP contribution is 2.28. The van der Waals surface area contributed by atoms with Crippen LogP contribution in [0.15, 0.2) is 65.3 Å². The minimum Gasteiger partial charge on any atom is -0.493 e. The summed E-state index contributed by atoms with van der Waals surface area (Å²) in [5.74, 6) is 1.02. The highest BCUT2D eigenvalue weighted by Gasteiger charge is 2.25. The Morgan fingerprint density at radius 2 is 1.91 bits per heavy atom. The van der Waals surface area contributed by atoms with E-state index >= 15 is 0 Å². The van der Waals surface area contributed by atoms with E-state index in [1.807, 2.05) is 6.07 Å². The first-order valence-corrected chi connectivity index (χ1v) is 9.75. The maximum absolute atomic E-state index is 13.2. The first kappa shape index (κ1) is 21.6. The molecule has 0 amide bonds. The van der Waals surface area contributed by atoms with Crippen LogP contribution in [0, 0.1) is 10.1 Å². The predicted octanol–water partition coefficient (Wildman–Crippen LogP) is 3.76. The maximum Gasteiger partial charge on any atom is 0.288 e. The Morgan fingerprint density at radius 1 is 1.12 bits per heavy atom. The topological polar surface area (TPSA) is 135 Å². The first-order valence-electron chi connectivity index (χ1n) is 9.75. The van der Waals surface area contributed by atoms with Gasteiger partial charge in [0, 0.05) is 12.6 Å². The molecule has 0 spiro atoms. The quantitative estimate of drug-likeness (QED) is 0.315. The number of hydrogen-bond acceptors (Lipinski definition) is 9. The van der Waals surface area contributed by atoms with Crippen molar-refractivity contribution in [2.24, 2.45) is 0 Å². The van der Waals surface area contributed by atoms with Gasteiger partial charge in [-0.25, -0.2) is 0 Å². The Kier molecular flexibility index (Phi) is 6.02. The van der Waals surface area contributed by atoms with Crippen molar-refractivity contribution in [2.45, 2.75) is 6.54 Å². The Bertz CT molecular complexity index is 1300. The molecule has 0 unspecified atom stereocenters. The third kappa shape index (κ3) is 4.37. The molecule has 4 rings (SSSR count). The van der Waals surface area contributed by atoms with E-state index < -0.39 is 10.8 Å². The number of rotatable bonds is 8. The van der Waals surface area contributed by atoms with Gasteiger partial charge in [0.1, 0.15) is 5.56 Å². The second-order valence-electron chi connectivity index (χ2n) is 6.77. The van der Waals surface area contributed by atoms with Crippen molar-refractivity contribution >= 4 is 17.5 Å². The number of nitrogens with zero attached hydrogens (tertiary/aromatic N) is 4. The van der Waals surface area contributed by atoms with E-state index in [1.165, 1.54) is 31.6 Å². The molecule has 1 N–H and O–H groups in total. The van der Waals surface area contributed by atoms with E-state index in [2.05, 4.69) is 15.4 Å². The van der Waals surface area contributed by atoms with Crippen molar-refractivity contribution in [1.82, 2.24) is 14.8 Å². The van der Waals surface area contributed by atoms with Gasteiger partial charge in [0.05, 0.1) is 25.4 Å². The molecule has 11 nitrogen and oxygen atoms in total. The molecule has 2 aromatic carbocycles. The van der Waals surface area contributed by atoms with Crippen LogP contribution in [0.4, 0.5) is 11.6 Å². The second kappa shape index (κ2) is 9.22. The van der Waals surface area contributed by atoms with E-state index in [-0.39, 0.29) is 29.6 Å². The van der Waals surface area contributed by atoms with E-state index in [0.29, 0.717) is 17.3 Å². The number of carbonyl (C=O) groups excluding carboxylic acids is 1. The molecule has 0 aliphatic heterocycles. The van der Waals surface area contributed by atoms with Gasteiger partial charge in [-0.2, -0.15) is 9.67 Å². The molecule has 2 aromatic heterocycles. The summed E-state index contributed by atoms with van der Waals surface area (Å²) in [6.07, 6.45) is 1.45. The summed E-state index contributed by atoms with van der Waals surface area (Å²) in [5.41, 5.74) is 0.371. The van der Waals surface area contributed by atoms with E-state index in [9.17, 15) is 14.9 Å². The highest BCUT2D eigenvalue weighted by atomic mass is 16.6. The number of furan rings is 1. The number of benzene rings is 2. The molecule has 11 heteroatoms. The number of methoxy groups -OCH3 is 2. The van der Waals surface area contributed by atoms with Crippen molar-refractivity contribution in [2.75, 3.05) is 19.5 Å².